The Morgan fingerprint density at radius 2 is 1.73 bits per heavy atom. The average Bonchev–Trinajstić information content (AvgIpc) is 3.99. The number of rotatable bonds is 14. The summed E-state index contributed by atoms with van der Waals surface area (Å²) in [5.74, 6) is -4.62. The Labute approximate surface area is 452 Å². The number of fused-ring (bicyclic) bond motifs is 5. The Morgan fingerprint density at radius 3 is 2.43 bits per heavy atom. The van der Waals surface area contributed by atoms with Gasteiger partial charge in [-0.05, 0) is 57.6 Å². The lowest BCUT2D eigenvalue weighted by atomic mass is 9.81. The van der Waals surface area contributed by atoms with E-state index in [-0.39, 0.29) is 69.0 Å². The van der Waals surface area contributed by atoms with Crippen LogP contribution in [0.5, 0.6) is 0 Å². The number of epoxide rings is 1. The molecule has 77 heavy (non-hydrogen) atoms. The summed E-state index contributed by atoms with van der Waals surface area (Å²) in [7, 11) is 5.59. The van der Waals surface area contributed by atoms with Crippen LogP contribution in [0.4, 0.5) is 14.4 Å². The molecule has 13 atom stereocenters. The fourth-order valence-corrected chi connectivity index (χ4v) is 10.5. The molecule has 5 unspecified atom stereocenters. The summed E-state index contributed by atoms with van der Waals surface area (Å²) in [6, 6.07) is -2.96. The molecule has 6 amide bonds. The third-order valence-electron chi connectivity index (χ3n) is 14.9. The van der Waals surface area contributed by atoms with E-state index in [4.69, 9.17) is 59.1 Å². The molecule has 0 aromatic heterocycles. The number of nitrogens with one attached hydrogen (secondary N) is 2. The van der Waals surface area contributed by atoms with Crippen LogP contribution in [0.3, 0.4) is 0 Å². The molecule has 430 valence electrons. The number of methoxy groups -OCH3 is 2. The molecule has 6 aliphatic rings. The van der Waals surface area contributed by atoms with E-state index in [1.54, 1.807) is 26.0 Å². The second-order valence-electron chi connectivity index (χ2n) is 20.8. The molecule has 25 nitrogen and oxygen atoms in total. The first-order chi connectivity index (χ1) is 36.5. The van der Waals surface area contributed by atoms with Gasteiger partial charge in [-0.2, -0.15) is 0 Å². The molecule has 0 aromatic carbocycles. The molecule has 4 bridgehead atoms. The maximum absolute atomic E-state index is 14.1. The first-order valence-electron chi connectivity index (χ1n) is 25.9. The fraction of sp³-hybridized carbons (Fsp3) is 0.725. The highest BCUT2D eigenvalue weighted by Crippen LogP contribution is 2.50. The highest BCUT2D eigenvalue weighted by atomic mass is 35.5. The van der Waals surface area contributed by atoms with E-state index in [0.29, 0.717) is 36.5 Å². The molecule has 6 rings (SSSR count). The summed E-state index contributed by atoms with van der Waals surface area (Å²) in [5.41, 5.74) is -1.95. The van der Waals surface area contributed by atoms with E-state index in [2.05, 4.69) is 17.6 Å². The molecular weight excluding hydrogens is 1040 g/mol. The number of hydrogen-bond acceptors (Lipinski definition) is 20. The summed E-state index contributed by atoms with van der Waals surface area (Å²) in [4.78, 5) is 112. The van der Waals surface area contributed by atoms with Gasteiger partial charge in [0.25, 0.3) is 11.8 Å². The zero-order chi connectivity index (χ0) is 56.4. The summed E-state index contributed by atoms with van der Waals surface area (Å²) in [6.45, 7) is 6.02. The predicted octanol–water partition coefficient (Wildman–Crippen LogP) is 3.22. The molecular formula is C51H74ClN5O20. The van der Waals surface area contributed by atoms with Gasteiger partial charge in [-0.1, -0.05) is 49.9 Å². The largest absolute Gasteiger partial charge is 0.496 e. The fourth-order valence-electron chi connectivity index (χ4n) is 10.2. The lowest BCUT2D eigenvalue weighted by Crippen LogP contribution is -2.64. The number of alkyl carbamates (subject to hydrolysis) is 2. The topological polar surface area (TPSA) is 306 Å². The average molecular weight is 1110 g/mol. The predicted molar refractivity (Wildman–Crippen MR) is 266 cm³/mol. The van der Waals surface area contributed by atoms with Crippen molar-refractivity contribution in [3.05, 3.63) is 34.6 Å². The van der Waals surface area contributed by atoms with Gasteiger partial charge in [0.1, 0.15) is 61.3 Å². The number of carbonyl (C=O) groups excluding carboxylic acids is 8. The van der Waals surface area contributed by atoms with Crippen molar-refractivity contribution in [2.75, 3.05) is 61.5 Å². The van der Waals surface area contributed by atoms with Gasteiger partial charge in [-0.25, -0.2) is 24.0 Å². The number of likely N-dealkylation sites (N-methyl/N-ethyl adjacent to an activating group) is 2. The maximum atomic E-state index is 14.1. The van der Waals surface area contributed by atoms with Crippen LogP contribution in [0.25, 0.3) is 0 Å². The molecule has 0 radical (unpaired) electrons. The van der Waals surface area contributed by atoms with Crippen LogP contribution in [-0.4, -0.2) is 195 Å². The second-order valence-corrected chi connectivity index (χ2v) is 21.2. The van der Waals surface area contributed by atoms with Crippen molar-refractivity contribution in [3.63, 3.8) is 0 Å². The minimum absolute atomic E-state index is 0.0326. The molecule has 26 heteroatoms. The number of halogens is 1. The third-order valence-corrected chi connectivity index (χ3v) is 15.4. The van der Waals surface area contributed by atoms with Gasteiger partial charge in [0.15, 0.2) is 5.72 Å². The Morgan fingerprint density at radius 1 is 1.00 bits per heavy atom. The number of aliphatic hydroxyl groups is 2. The number of carbonyl (C=O) groups is 8. The molecule has 4 fully saturated rings. The van der Waals surface area contributed by atoms with E-state index in [1.807, 2.05) is 6.08 Å². The number of aliphatic hydroxyl groups excluding tert-OH is 1. The number of allylic oxidation sites excluding steroid dienone is 3. The first kappa shape index (κ1) is 60.7. The SMILES string of the molecule is COC1=C(Cl)C2CC(=C1)CC(C)CCC[C@@H](OC)[C@@]1(O)C[C@H](OC(=O)N1)[C@@H](C)[C@@H]1O[C@@]1(C)[C@@H](OC(=O)[C@H](C)N(C)C(=O)CCOC(=O)NC(CN(C)C(=O)OC1/C=C/COCOC1)C(=O)ON1C(=O)CCC1=O)CC(O)C2. The van der Waals surface area contributed by atoms with Crippen LogP contribution >= 0.6 is 11.6 Å². The maximum Gasteiger partial charge on any atom is 0.410 e. The first-order valence-corrected chi connectivity index (χ1v) is 26.3. The lowest BCUT2D eigenvalue weighted by Gasteiger charge is -2.43. The summed E-state index contributed by atoms with van der Waals surface area (Å²) in [6.07, 6.45) is -1.03. The van der Waals surface area contributed by atoms with E-state index in [9.17, 15) is 48.6 Å². The number of ether oxygens (including phenoxy) is 9. The quantitative estimate of drug-likeness (QED) is 0.0638. The molecule has 0 aromatic rings. The highest BCUT2D eigenvalue weighted by Gasteiger charge is 2.64. The summed E-state index contributed by atoms with van der Waals surface area (Å²) >= 11 is 6.88. The zero-order valence-corrected chi connectivity index (χ0v) is 45.6. The van der Waals surface area contributed by atoms with Gasteiger partial charge in [-0.15, -0.1) is 5.06 Å². The number of hydrogen-bond donors (Lipinski definition) is 4. The number of nitrogens with zero attached hydrogens (tertiary/aromatic N) is 3. The van der Waals surface area contributed by atoms with Crippen LogP contribution in [0.1, 0.15) is 98.3 Å². The third kappa shape index (κ3) is 15.8. The van der Waals surface area contributed by atoms with Crippen LogP contribution in [0.15, 0.2) is 34.6 Å². The summed E-state index contributed by atoms with van der Waals surface area (Å²) in [5, 5.41) is 29.3. The Balaban J connectivity index is 1.11. The van der Waals surface area contributed by atoms with Crippen LogP contribution in [0, 0.1) is 17.8 Å². The lowest BCUT2D eigenvalue weighted by molar-refractivity contribution is -0.199. The van der Waals surface area contributed by atoms with E-state index in [0.717, 1.165) is 21.8 Å². The van der Waals surface area contributed by atoms with Crippen molar-refractivity contribution in [3.8, 4) is 0 Å². The second kappa shape index (κ2) is 26.9. The Kier molecular flexibility index (Phi) is 21.2. The highest BCUT2D eigenvalue weighted by molar-refractivity contribution is 6.30. The van der Waals surface area contributed by atoms with Gasteiger partial charge < -0.3 is 72.8 Å². The van der Waals surface area contributed by atoms with Crippen molar-refractivity contribution >= 4 is 59.5 Å². The van der Waals surface area contributed by atoms with Crippen molar-refractivity contribution in [2.45, 2.75) is 158 Å². The van der Waals surface area contributed by atoms with Gasteiger partial charge in [0, 0.05) is 58.7 Å². The normalized spacial score (nSPS) is 32.2. The molecule has 0 spiro atoms. The molecule has 4 aliphatic heterocycles. The Bertz CT molecular complexity index is 2270. The van der Waals surface area contributed by atoms with Crippen LogP contribution in [0.2, 0.25) is 0 Å². The van der Waals surface area contributed by atoms with Crippen molar-refractivity contribution in [1.82, 2.24) is 25.5 Å². The zero-order valence-electron chi connectivity index (χ0n) is 44.9. The van der Waals surface area contributed by atoms with Crippen LogP contribution < -0.4 is 10.6 Å². The standard InChI is InChI=1S/C51H74ClN5O20/c1-28-11-9-13-38(69-8)51(67)24-37(74-48(65)54-51)29(2)44-50(4,76-44)39(23-33(58)22-32-20-31(19-28)21-36(68-7)43(32)52)75-45(62)30(3)56(6)40(59)16-18-72-47(64)53-35(46(63)77-57-41(60)14-15-42(57)61)25-55(5)49(66)73-34-12-10-17-70-27-71-26-34/h10,12,21,28-30,32-35,37-39,44,58,67H,9,11,13-20,22-27H2,1-8H3,(H,53,64)(H,54,65)/b12-10+/t28?,29-,30+,32?,33?,34?,35?,37+,38-,39+,44+,50+,51+/m1/s1. The molecule has 1 saturated carbocycles. The minimum atomic E-state index is -1.78. The molecule has 2 aliphatic carbocycles. The van der Waals surface area contributed by atoms with Gasteiger partial charge in [0.05, 0.1) is 50.5 Å². The number of esters is 1. The number of amides is 6. The smallest absolute Gasteiger partial charge is 0.410 e. The van der Waals surface area contributed by atoms with Crippen molar-refractivity contribution < 1.29 is 96.0 Å². The van der Waals surface area contributed by atoms with Crippen LogP contribution in [-0.2, 0) is 71.4 Å². The monoisotopic (exact) mass is 1110 g/mol. The van der Waals surface area contributed by atoms with E-state index < -0.39 is 133 Å². The van der Waals surface area contributed by atoms with Crippen molar-refractivity contribution in [1.29, 1.82) is 0 Å². The van der Waals surface area contributed by atoms with Gasteiger partial charge in [-0.3, -0.25) is 19.7 Å². The number of imide groups is 1. The molecule has 4 N–H and O–H groups in total. The van der Waals surface area contributed by atoms with E-state index >= 15 is 0 Å². The molecule has 3 saturated heterocycles. The van der Waals surface area contributed by atoms with E-state index in [1.165, 1.54) is 35.2 Å². The van der Waals surface area contributed by atoms with Gasteiger partial charge >= 0.3 is 30.2 Å². The molecule has 4 heterocycles. The van der Waals surface area contributed by atoms with Crippen molar-refractivity contribution in [2.24, 2.45) is 17.8 Å². The number of hydroxylamine groups is 2. The Hall–Kier alpha value is -5.57. The van der Waals surface area contributed by atoms with Gasteiger partial charge in [0.2, 0.25) is 5.91 Å². The summed E-state index contributed by atoms with van der Waals surface area (Å²) < 4.78 is 50.8. The minimum Gasteiger partial charge on any atom is -0.496 e.